The molecule has 1 nitrogen and oxygen atoms in total. The summed E-state index contributed by atoms with van der Waals surface area (Å²) in [7, 11) is 0. The summed E-state index contributed by atoms with van der Waals surface area (Å²) in [6.45, 7) is 0. The summed E-state index contributed by atoms with van der Waals surface area (Å²) >= 11 is 1.92. The van der Waals surface area contributed by atoms with E-state index in [2.05, 4.69) is 53.2 Å². The smallest absolute Gasteiger partial charge is 0.0445 e. The number of rotatable bonds is 5. The standard InChI is InChI=1S/C19H23NS/c1-2-7-14(8-3-1)16-13-17(16)20-19(15-9-4-5-10-15)18-11-6-12-21-18/h1-3,6-8,11-12,15-17,19-20H,4-5,9-10,13H2. The van der Waals surface area contributed by atoms with Crippen LogP contribution in [0.2, 0.25) is 0 Å². The van der Waals surface area contributed by atoms with Crippen molar-refractivity contribution in [3.05, 3.63) is 58.3 Å². The Morgan fingerprint density at radius 1 is 1.00 bits per heavy atom. The molecule has 2 fully saturated rings. The zero-order chi connectivity index (χ0) is 14.1. The maximum atomic E-state index is 3.99. The quantitative estimate of drug-likeness (QED) is 0.807. The van der Waals surface area contributed by atoms with Gasteiger partial charge in [0, 0.05) is 22.9 Å². The average molecular weight is 297 g/mol. The summed E-state index contributed by atoms with van der Waals surface area (Å²) in [5.74, 6) is 1.58. The van der Waals surface area contributed by atoms with Crippen molar-refractivity contribution in [2.45, 2.75) is 50.1 Å². The number of benzene rings is 1. The van der Waals surface area contributed by atoms with Gasteiger partial charge in [0.2, 0.25) is 0 Å². The molecule has 110 valence electrons. The van der Waals surface area contributed by atoms with Crippen LogP contribution in [0, 0.1) is 5.92 Å². The molecule has 0 amide bonds. The van der Waals surface area contributed by atoms with E-state index < -0.39 is 0 Å². The molecular formula is C19H23NS. The second-order valence-corrected chi connectivity index (χ2v) is 7.54. The summed E-state index contributed by atoms with van der Waals surface area (Å²) in [6, 6.07) is 16.8. The van der Waals surface area contributed by atoms with Crippen molar-refractivity contribution in [1.82, 2.24) is 5.32 Å². The van der Waals surface area contributed by atoms with E-state index in [1.807, 2.05) is 11.3 Å². The van der Waals surface area contributed by atoms with E-state index in [-0.39, 0.29) is 0 Å². The molecule has 2 saturated carbocycles. The number of hydrogen-bond acceptors (Lipinski definition) is 2. The summed E-state index contributed by atoms with van der Waals surface area (Å²) in [5, 5.41) is 6.22. The Kier molecular flexibility index (Phi) is 3.83. The fraction of sp³-hybridized carbons (Fsp3) is 0.474. The molecule has 1 aromatic heterocycles. The van der Waals surface area contributed by atoms with Gasteiger partial charge in [0.05, 0.1) is 0 Å². The van der Waals surface area contributed by atoms with Gasteiger partial charge in [-0.15, -0.1) is 11.3 Å². The second-order valence-electron chi connectivity index (χ2n) is 6.56. The van der Waals surface area contributed by atoms with E-state index in [0.717, 1.165) is 11.8 Å². The minimum absolute atomic E-state index is 0.589. The van der Waals surface area contributed by atoms with Crippen LogP contribution in [0.4, 0.5) is 0 Å². The summed E-state index contributed by atoms with van der Waals surface area (Å²) in [5.41, 5.74) is 1.51. The van der Waals surface area contributed by atoms with E-state index >= 15 is 0 Å². The van der Waals surface area contributed by atoms with E-state index in [0.29, 0.717) is 12.1 Å². The molecule has 0 aliphatic heterocycles. The van der Waals surface area contributed by atoms with E-state index in [1.54, 1.807) is 4.88 Å². The highest BCUT2D eigenvalue weighted by atomic mass is 32.1. The van der Waals surface area contributed by atoms with Crippen LogP contribution in [0.15, 0.2) is 47.8 Å². The third-order valence-corrected chi connectivity index (χ3v) is 6.09. The van der Waals surface area contributed by atoms with Crippen molar-refractivity contribution in [3.8, 4) is 0 Å². The van der Waals surface area contributed by atoms with Crippen LogP contribution >= 0.6 is 11.3 Å². The zero-order valence-corrected chi connectivity index (χ0v) is 13.2. The predicted molar refractivity (Wildman–Crippen MR) is 89.7 cm³/mol. The Morgan fingerprint density at radius 2 is 1.81 bits per heavy atom. The SMILES string of the molecule is c1ccc(C2CC2NC(c2cccs2)C2CCCC2)cc1. The first-order valence-corrected chi connectivity index (χ1v) is 9.14. The van der Waals surface area contributed by atoms with Gasteiger partial charge in [0.15, 0.2) is 0 Å². The zero-order valence-electron chi connectivity index (χ0n) is 12.4. The third kappa shape index (κ3) is 2.93. The maximum Gasteiger partial charge on any atom is 0.0445 e. The van der Waals surface area contributed by atoms with Crippen molar-refractivity contribution in [3.63, 3.8) is 0 Å². The Labute approximate surface area is 131 Å². The second kappa shape index (κ2) is 5.94. The normalized spacial score (nSPS) is 26.9. The molecule has 2 heteroatoms. The van der Waals surface area contributed by atoms with Crippen LogP contribution in [0.3, 0.4) is 0 Å². The van der Waals surface area contributed by atoms with E-state index in [9.17, 15) is 0 Å². The van der Waals surface area contributed by atoms with Gasteiger partial charge in [-0.3, -0.25) is 0 Å². The van der Waals surface area contributed by atoms with Crippen LogP contribution < -0.4 is 5.32 Å². The predicted octanol–water partition coefficient (Wildman–Crippen LogP) is 5.13. The van der Waals surface area contributed by atoms with Crippen LogP contribution in [0.25, 0.3) is 0 Å². The fourth-order valence-electron chi connectivity index (χ4n) is 3.89. The lowest BCUT2D eigenvalue weighted by atomic mass is 9.96. The van der Waals surface area contributed by atoms with Gasteiger partial charge in [0.1, 0.15) is 0 Å². The monoisotopic (exact) mass is 297 g/mol. The lowest BCUT2D eigenvalue weighted by Crippen LogP contribution is -2.29. The van der Waals surface area contributed by atoms with Crippen molar-refractivity contribution in [1.29, 1.82) is 0 Å². The lowest BCUT2D eigenvalue weighted by molar-refractivity contribution is 0.368. The lowest BCUT2D eigenvalue weighted by Gasteiger charge is -2.24. The molecule has 3 atom stereocenters. The largest absolute Gasteiger partial charge is 0.306 e. The Morgan fingerprint density at radius 3 is 2.52 bits per heavy atom. The molecule has 3 unspecified atom stereocenters. The van der Waals surface area contributed by atoms with Gasteiger partial charge >= 0.3 is 0 Å². The summed E-state index contributed by atoms with van der Waals surface area (Å²) in [6.07, 6.45) is 6.94. The summed E-state index contributed by atoms with van der Waals surface area (Å²) in [4.78, 5) is 1.54. The molecule has 2 aliphatic rings. The molecule has 1 heterocycles. The molecule has 4 rings (SSSR count). The Hall–Kier alpha value is -1.12. The Balaban J connectivity index is 1.46. The molecule has 2 aliphatic carbocycles. The molecular weight excluding hydrogens is 274 g/mol. The van der Waals surface area contributed by atoms with Gasteiger partial charge in [-0.1, -0.05) is 49.2 Å². The van der Waals surface area contributed by atoms with Crippen LogP contribution in [0.5, 0.6) is 0 Å². The van der Waals surface area contributed by atoms with Gasteiger partial charge in [-0.2, -0.15) is 0 Å². The molecule has 0 radical (unpaired) electrons. The molecule has 1 N–H and O–H groups in total. The first-order valence-electron chi connectivity index (χ1n) is 8.26. The van der Waals surface area contributed by atoms with Crippen molar-refractivity contribution < 1.29 is 0 Å². The van der Waals surface area contributed by atoms with E-state index in [4.69, 9.17) is 0 Å². The molecule has 0 saturated heterocycles. The average Bonchev–Trinajstić information content (AvgIpc) is 2.98. The highest BCUT2D eigenvalue weighted by Crippen LogP contribution is 2.45. The first-order chi connectivity index (χ1) is 10.4. The molecule has 0 spiro atoms. The van der Waals surface area contributed by atoms with Crippen LogP contribution in [-0.4, -0.2) is 6.04 Å². The maximum absolute atomic E-state index is 3.99. The minimum atomic E-state index is 0.589. The number of thiophene rings is 1. The van der Waals surface area contributed by atoms with Crippen molar-refractivity contribution in [2.24, 2.45) is 5.92 Å². The van der Waals surface area contributed by atoms with Crippen molar-refractivity contribution >= 4 is 11.3 Å². The summed E-state index contributed by atoms with van der Waals surface area (Å²) < 4.78 is 0. The molecule has 1 aromatic carbocycles. The number of nitrogens with one attached hydrogen (secondary N) is 1. The molecule has 21 heavy (non-hydrogen) atoms. The molecule has 0 bridgehead atoms. The topological polar surface area (TPSA) is 12.0 Å². The van der Waals surface area contributed by atoms with Gasteiger partial charge < -0.3 is 5.32 Å². The van der Waals surface area contributed by atoms with Crippen molar-refractivity contribution in [2.75, 3.05) is 0 Å². The van der Waals surface area contributed by atoms with Gasteiger partial charge in [-0.25, -0.2) is 0 Å². The number of hydrogen-bond donors (Lipinski definition) is 1. The van der Waals surface area contributed by atoms with Crippen LogP contribution in [-0.2, 0) is 0 Å². The van der Waals surface area contributed by atoms with Crippen LogP contribution in [0.1, 0.15) is 54.5 Å². The highest BCUT2D eigenvalue weighted by molar-refractivity contribution is 7.10. The van der Waals surface area contributed by atoms with Gasteiger partial charge in [0.25, 0.3) is 0 Å². The third-order valence-electron chi connectivity index (χ3n) is 5.13. The first kappa shape index (κ1) is 13.5. The van der Waals surface area contributed by atoms with Gasteiger partial charge in [-0.05, 0) is 42.2 Å². The minimum Gasteiger partial charge on any atom is -0.306 e. The fourth-order valence-corrected chi connectivity index (χ4v) is 4.77. The molecule has 2 aromatic rings. The highest BCUT2D eigenvalue weighted by Gasteiger charge is 2.41. The Bertz CT molecular complexity index is 557. The van der Waals surface area contributed by atoms with E-state index in [1.165, 1.54) is 37.7 Å².